The van der Waals surface area contributed by atoms with E-state index in [0.717, 1.165) is 23.3 Å². The van der Waals surface area contributed by atoms with Gasteiger partial charge in [-0.3, -0.25) is 0 Å². The van der Waals surface area contributed by atoms with Gasteiger partial charge in [0.25, 0.3) is 0 Å². The molecule has 0 aliphatic carbocycles. The number of halogens is 1. The van der Waals surface area contributed by atoms with Gasteiger partial charge in [-0.15, -0.1) is 0 Å². The molecule has 0 saturated carbocycles. The maximum atomic E-state index is 5.80. The van der Waals surface area contributed by atoms with Crippen LogP contribution in [0.1, 0.15) is 12.6 Å². The monoisotopic (exact) mass is 195 g/mol. The first kappa shape index (κ1) is 8.51. The number of fused-ring (bicyclic) bond motifs is 1. The van der Waals surface area contributed by atoms with E-state index in [1.54, 1.807) is 6.07 Å². The standard InChI is InChI=1S/C9H10ClN3/c1-3-13-9-7(6(2)12-13)4-5-8(10)11-9/h4-5H,3H2,1-2H3. The van der Waals surface area contributed by atoms with Crippen molar-refractivity contribution in [2.45, 2.75) is 20.4 Å². The van der Waals surface area contributed by atoms with Gasteiger partial charge in [0.2, 0.25) is 0 Å². The highest BCUT2D eigenvalue weighted by Crippen LogP contribution is 2.18. The number of pyridine rings is 1. The van der Waals surface area contributed by atoms with Gasteiger partial charge < -0.3 is 0 Å². The lowest BCUT2D eigenvalue weighted by Gasteiger charge is -1.96. The SMILES string of the molecule is CCn1nc(C)c2ccc(Cl)nc21. The highest BCUT2D eigenvalue weighted by atomic mass is 35.5. The molecule has 0 radical (unpaired) electrons. The summed E-state index contributed by atoms with van der Waals surface area (Å²) in [7, 11) is 0. The Labute approximate surface area is 81.3 Å². The Bertz CT molecular complexity index is 447. The van der Waals surface area contributed by atoms with E-state index < -0.39 is 0 Å². The van der Waals surface area contributed by atoms with E-state index in [1.165, 1.54) is 0 Å². The first-order chi connectivity index (χ1) is 6.22. The summed E-state index contributed by atoms with van der Waals surface area (Å²) in [5.41, 5.74) is 1.87. The van der Waals surface area contributed by atoms with Gasteiger partial charge in [-0.2, -0.15) is 5.10 Å². The third-order valence-electron chi connectivity index (χ3n) is 2.05. The van der Waals surface area contributed by atoms with Gasteiger partial charge in [-0.1, -0.05) is 11.6 Å². The van der Waals surface area contributed by atoms with Crippen LogP contribution in [0.4, 0.5) is 0 Å². The second kappa shape index (κ2) is 3.00. The second-order valence-electron chi connectivity index (χ2n) is 2.91. The minimum Gasteiger partial charge on any atom is -0.247 e. The minimum absolute atomic E-state index is 0.516. The van der Waals surface area contributed by atoms with E-state index in [-0.39, 0.29) is 0 Å². The predicted molar refractivity (Wildman–Crippen MR) is 52.9 cm³/mol. The largest absolute Gasteiger partial charge is 0.247 e. The molecule has 2 aromatic rings. The third kappa shape index (κ3) is 1.29. The molecule has 0 bridgehead atoms. The van der Waals surface area contributed by atoms with Crippen LogP contribution in [0.25, 0.3) is 11.0 Å². The molecular weight excluding hydrogens is 186 g/mol. The molecule has 0 atom stereocenters. The molecule has 2 heterocycles. The van der Waals surface area contributed by atoms with E-state index in [1.807, 2.05) is 24.6 Å². The number of aromatic nitrogens is 3. The molecule has 0 unspecified atom stereocenters. The van der Waals surface area contributed by atoms with Gasteiger partial charge in [0.1, 0.15) is 5.15 Å². The molecule has 0 spiro atoms. The number of hydrogen-bond donors (Lipinski definition) is 0. The van der Waals surface area contributed by atoms with Gasteiger partial charge in [-0.25, -0.2) is 9.67 Å². The maximum absolute atomic E-state index is 5.80. The Hall–Kier alpha value is -1.09. The molecular formula is C9H10ClN3. The zero-order valence-corrected chi connectivity index (χ0v) is 8.34. The fourth-order valence-corrected chi connectivity index (χ4v) is 1.55. The van der Waals surface area contributed by atoms with Crippen LogP contribution in [-0.2, 0) is 6.54 Å². The number of rotatable bonds is 1. The molecule has 0 fully saturated rings. The summed E-state index contributed by atoms with van der Waals surface area (Å²) in [5, 5.41) is 5.94. The van der Waals surface area contributed by atoms with Crippen molar-refractivity contribution in [2.24, 2.45) is 0 Å². The molecule has 2 rings (SSSR count). The molecule has 0 amide bonds. The van der Waals surface area contributed by atoms with Crippen molar-refractivity contribution in [1.82, 2.24) is 14.8 Å². The smallest absolute Gasteiger partial charge is 0.159 e. The van der Waals surface area contributed by atoms with E-state index in [2.05, 4.69) is 10.1 Å². The van der Waals surface area contributed by atoms with Crippen molar-refractivity contribution < 1.29 is 0 Å². The first-order valence-corrected chi connectivity index (χ1v) is 4.60. The van der Waals surface area contributed by atoms with Crippen molar-refractivity contribution >= 4 is 22.6 Å². The quantitative estimate of drug-likeness (QED) is 0.655. The number of aryl methyl sites for hydroxylation is 2. The Balaban J connectivity index is 2.81. The Morgan fingerprint density at radius 2 is 2.23 bits per heavy atom. The van der Waals surface area contributed by atoms with Crippen LogP contribution in [0.5, 0.6) is 0 Å². The average molecular weight is 196 g/mol. The summed E-state index contributed by atoms with van der Waals surface area (Å²) in [6.07, 6.45) is 0. The highest BCUT2D eigenvalue weighted by molar-refractivity contribution is 6.29. The van der Waals surface area contributed by atoms with Crippen LogP contribution in [0.2, 0.25) is 5.15 Å². The maximum Gasteiger partial charge on any atom is 0.159 e. The van der Waals surface area contributed by atoms with Gasteiger partial charge in [0.15, 0.2) is 5.65 Å². The Morgan fingerprint density at radius 3 is 2.92 bits per heavy atom. The fourth-order valence-electron chi connectivity index (χ4n) is 1.41. The lowest BCUT2D eigenvalue weighted by Crippen LogP contribution is -1.97. The molecule has 0 saturated heterocycles. The van der Waals surface area contributed by atoms with Crippen molar-refractivity contribution in [2.75, 3.05) is 0 Å². The van der Waals surface area contributed by atoms with Crippen LogP contribution in [0, 0.1) is 6.92 Å². The van der Waals surface area contributed by atoms with Crippen LogP contribution in [-0.4, -0.2) is 14.8 Å². The van der Waals surface area contributed by atoms with Gasteiger partial charge >= 0.3 is 0 Å². The lowest BCUT2D eigenvalue weighted by atomic mass is 10.3. The molecule has 4 heteroatoms. The van der Waals surface area contributed by atoms with E-state index in [0.29, 0.717) is 5.15 Å². The van der Waals surface area contributed by atoms with Crippen molar-refractivity contribution in [1.29, 1.82) is 0 Å². The lowest BCUT2D eigenvalue weighted by molar-refractivity contribution is 0.669. The normalized spacial score (nSPS) is 11.0. The zero-order valence-electron chi connectivity index (χ0n) is 7.58. The topological polar surface area (TPSA) is 30.7 Å². The van der Waals surface area contributed by atoms with Crippen LogP contribution in [0.3, 0.4) is 0 Å². The molecule has 2 aromatic heterocycles. The molecule has 0 aromatic carbocycles. The highest BCUT2D eigenvalue weighted by Gasteiger charge is 2.06. The summed E-state index contributed by atoms with van der Waals surface area (Å²) in [6, 6.07) is 3.75. The average Bonchev–Trinajstić information content (AvgIpc) is 2.42. The summed E-state index contributed by atoms with van der Waals surface area (Å²) < 4.78 is 1.86. The van der Waals surface area contributed by atoms with Crippen molar-refractivity contribution in [3.8, 4) is 0 Å². The molecule has 68 valence electrons. The first-order valence-electron chi connectivity index (χ1n) is 4.22. The Morgan fingerprint density at radius 1 is 1.46 bits per heavy atom. The molecule has 0 aliphatic rings. The van der Waals surface area contributed by atoms with Crippen molar-refractivity contribution in [3.63, 3.8) is 0 Å². The van der Waals surface area contributed by atoms with Gasteiger partial charge in [0.05, 0.1) is 5.69 Å². The van der Waals surface area contributed by atoms with Crippen LogP contribution < -0.4 is 0 Å². The number of nitrogens with zero attached hydrogens (tertiary/aromatic N) is 3. The van der Waals surface area contributed by atoms with Crippen molar-refractivity contribution in [3.05, 3.63) is 23.0 Å². The molecule has 13 heavy (non-hydrogen) atoms. The summed E-state index contributed by atoms with van der Waals surface area (Å²) in [5.74, 6) is 0. The minimum atomic E-state index is 0.516. The molecule has 0 N–H and O–H groups in total. The zero-order chi connectivity index (χ0) is 9.42. The predicted octanol–water partition coefficient (Wildman–Crippen LogP) is 2.41. The van der Waals surface area contributed by atoms with Gasteiger partial charge in [0, 0.05) is 11.9 Å². The van der Waals surface area contributed by atoms with Gasteiger partial charge in [-0.05, 0) is 26.0 Å². The summed E-state index contributed by atoms with van der Waals surface area (Å²) >= 11 is 5.80. The van der Waals surface area contributed by atoms with Crippen LogP contribution in [0.15, 0.2) is 12.1 Å². The second-order valence-corrected chi connectivity index (χ2v) is 3.29. The summed E-state index contributed by atoms with van der Waals surface area (Å²) in [6.45, 7) is 4.83. The summed E-state index contributed by atoms with van der Waals surface area (Å²) in [4.78, 5) is 4.23. The molecule has 0 aliphatic heterocycles. The third-order valence-corrected chi connectivity index (χ3v) is 2.26. The fraction of sp³-hybridized carbons (Fsp3) is 0.333. The van der Waals surface area contributed by atoms with Crippen LogP contribution >= 0.6 is 11.6 Å². The molecule has 3 nitrogen and oxygen atoms in total. The Kier molecular flexibility index (Phi) is 1.96. The van der Waals surface area contributed by atoms with E-state index in [4.69, 9.17) is 11.6 Å². The number of hydrogen-bond acceptors (Lipinski definition) is 2. The van der Waals surface area contributed by atoms with E-state index in [9.17, 15) is 0 Å². The van der Waals surface area contributed by atoms with E-state index >= 15 is 0 Å².